The van der Waals surface area contributed by atoms with Gasteiger partial charge in [-0.1, -0.05) is 29.8 Å². The number of hydrogen-bond acceptors (Lipinski definition) is 3. The Balaban J connectivity index is 0.00000338. The third-order valence-electron chi connectivity index (χ3n) is 4.80. The average Bonchev–Trinajstić information content (AvgIpc) is 3.15. The minimum Gasteiger partial charge on any atom is -0.356 e. The van der Waals surface area contributed by atoms with Crippen LogP contribution >= 0.6 is 35.7 Å². The molecule has 6 heteroatoms. The van der Waals surface area contributed by atoms with Crippen LogP contribution in [0.4, 0.5) is 0 Å². The number of nitrogens with one attached hydrogen (secondary N) is 2. The standard InChI is InChI=1S/C20H34N4S.HI/c1-17-8-10-18(11-9-17)19(24-13-5-6-14-24)16-23-20(21-2)22-12-4-7-15-25-3;/h8-11,19H,4-7,12-16H2,1-3H3,(H2,21,22,23);1H. The molecule has 1 aromatic rings. The van der Waals surface area contributed by atoms with Gasteiger partial charge in [0.05, 0.1) is 6.04 Å². The summed E-state index contributed by atoms with van der Waals surface area (Å²) >= 11 is 1.91. The summed E-state index contributed by atoms with van der Waals surface area (Å²) in [6.45, 7) is 6.42. The number of aliphatic imine (C=N–C) groups is 1. The summed E-state index contributed by atoms with van der Waals surface area (Å²) < 4.78 is 0. The monoisotopic (exact) mass is 490 g/mol. The predicted molar refractivity (Wildman–Crippen MR) is 127 cm³/mol. The molecule has 1 saturated heterocycles. The van der Waals surface area contributed by atoms with E-state index in [1.807, 2.05) is 18.8 Å². The number of benzene rings is 1. The SMILES string of the molecule is CN=C(NCCCCSC)NCC(c1ccc(C)cc1)N1CCCC1.I. The van der Waals surface area contributed by atoms with Crippen LogP contribution in [-0.2, 0) is 0 Å². The van der Waals surface area contributed by atoms with E-state index in [-0.39, 0.29) is 24.0 Å². The molecule has 1 atom stereocenters. The lowest BCUT2D eigenvalue weighted by Crippen LogP contribution is -2.43. The van der Waals surface area contributed by atoms with Gasteiger partial charge in [-0.25, -0.2) is 0 Å². The molecule has 0 bridgehead atoms. The van der Waals surface area contributed by atoms with Gasteiger partial charge in [0.15, 0.2) is 5.96 Å². The van der Waals surface area contributed by atoms with Crippen LogP contribution in [0.3, 0.4) is 0 Å². The largest absolute Gasteiger partial charge is 0.356 e. The molecule has 26 heavy (non-hydrogen) atoms. The molecule has 148 valence electrons. The van der Waals surface area contributed by atoms with Crippen LogP contribution in [-0.4, -0.2) is 56.1 Å². The Morgan fingerprint density at radius 2 is 1.85 bits per heavy atom. The second-order valence-electron chi connectivity index (χ2n) is 6.75. The lowest BCUT2D eigenvalue weighted by Gasteiger charge is -2.29. The van der Waals surface area contributed by atoms with Crippen molar-refractivity contribution in [3.05, 3.63) is 35.4 Å². The highest BCUT2D eigenvalue weighted by Gasteiger charge is 2.23. The van der Waals surface area contributed by atoms with E-state index in [1.165, 1.54) is 55.7 Å². The van der Waals surface area contributed by atoms with Gasteiger partial charge in [0.1, 0.15) is 0 Å². The Labute approximate surface area is 181 Å². The second-order valence-corrected chi connectivity index (χ2v) is 7.73. The van der Waals surface area contributed by atoms with Crippen molar-refractivity contribution in [3.63, 3.8) is 0 Å². The van der Waals surface area contributed by atoms with Gasteiger partial charge in [-0.05, 0) is 63.3 Å². The van der Waals surface area contributed by atoms with E-state index >= 15 is 0 Å². The fraction of sp³-hybridized carbons (Fsp3) is 0.650. The molecule has 0 radical (unpaired) electrons. The number of nitrogens with zero attached hydrogens (tertiary/aromatic N) is 2. The van der Waals surface area contributed by atoms with Crippen LogP contribution in [0.15, 0.2) is 29.3 Å². The van der Waals surface area contributed by atoms with E-state index in [2.05, 4.69) is 58.0 Å². The first-order valence-electron chi connectivity index (χ1n) is 9.48. The zero-order valence-corrected chi connectivity index (χ0v) is 19.6. The average molecular weight is 490 g/mol. The molecule has 0 aromatic heterocycles. The molecule has 0 saturated carbocycles. The molecule has 4 nitrogen and oxygen atoms in total. The molecule has 0 amide bonds. The molecule has 0 aliphatic carbocycles. The van der Waals surface area contributed by atoms with Gasteiger partial charge in [0.25, 0.3) is 0 Å². The molecular weight excluding hydrogens is 455 g/mol. The number of rotatable bonds is 9. The summed E-state index contributed by atoms with van der Waals surface area (Å²) in [6, 6.07) is 9.41. The van der Waals surface area contributed by atoms with E-state index in [0.717, 1.165) is 19.0 Å². The number of thioether (sulfide) groups is 1. The highest BCUT2D eigenvalue weighted by Crippen LogP contribution is 2.24. The summed E-state index contributed by atoms with van der Waals surface area (Å²) in [4.78, 5) is 6.98. The summed E-state index contributed by atoms with van der Waals surface area (Å²) in [5.74, 6) is 2.15. The number of hydrogen-bond donors (Lipinski definition) is 2. The predicted octanol–water partition coefficient (Wildman–Crippen LogP) is 4.06. The molecule has 1 unspecified atom stereocenters. The molecule has 0 spiro atoms. The van der Waals surface area contributed by atoms with Crippen LogP contribution in [0.1, 0.15) is 42.9 Å². The van der Waals surface area contributed by atoms with Gasteiger partial charge in [0, 0.05) is 20.1 Å². The van der Waals surface area contributed by atoms with E-state index in [9.17, 15) is 0 Å². The molecule has 1 heterocycles. The lowest BCUT2D eigenvalue weighted by atomic mass is 10.0. The number of aryl methyl sites for hydroxylation is 1. The highest BCUT2D eigenvalue weighted by molar-refractivity contribution is 14.0. The van der Waals surface area contributed by atoms with Gasteiger partial charge in [-0.3, -0.25) is 9.89 Å². The van der Waals surface area contributed by atoms with Crippen LogP contribution in [0.2, 0.25) is 0 Å². The first-order chi connectivity index (χ1) is 12.2. The Hall–Kier alpha value is -0.470. The summed E-state index contributed by atoms with van der Waals surface area (Å²) in [6.07, 6.45) is 7.23. The minimum atomic E-state index is 0. The van der Waals surface area contributed by atoms with Gasteiger partial charge in [-0.2, -0.15) is 11.8 Å². The zero-order chi connectivity index (χ0) is 17.9. The van der Waals surface area contributed by atoms with Crippen molar-refractivity contribution in [3.8, 4) is 0 Å². The smallest absolute Gasteiger partial charge is 0.191 e. The van der Waals surface area contributed by atoms with Crippen molar-refractivity contribution in [2.45, 2.75) is 38.6 Å². The van der Waals surface area contributed by atoms with Crippen molar-refractivity contribution < 1.29 is 0 Å². The molecule has 1 aliphatic rings. The quantitative estimate of drug-likeness (QED) is 0.237. The van der Waals surface area contributed by atoms with Crippen molar-refractivity contribution in [2.75, 3.05) is 45.2 Å². The number of likely N-dealkylation sites (tertiary alicyclic amines) is 1. The Morgan fingerprint density at radius 3 is 2.46 bits per heavy atom. The maximum absolute atomic E-state index is 4.38. The van der Waals surface area contributed by atoms with Crippen molar-refractivity contribution in [2.24, 2.45) is 4.99 Å². The molecule has 1 fully saturated rings. The maximum Gasteiger partial charge on any atom is 0.191 e. The van der Waals surface area contributed by atoms with E-state index < -0.39 is 0 Å². The summed E-state index contributed by atoms with van der Waals surface area (Å²) in [7, 11) is 1.86. The zero-order valence-electron chi connectivity index (χ0n) is 16.5. The van der Waals surface area contributed by atoms with Crippen LogP contribution < -0.4 is 10.6 Å². The Morgan fingerprint density at radius 1 is 1.15 bits per heavy atom. The highest BCUT2D eigenvalue weighted by atomic mass is 127. The molecular formula is C20H35IN4S. The third-order valence-corrected chi connectivity index (χ3v) is 5.49. The first kappa shape index (κ1) is 23.6. The fourth-order valence-electron chi connectivity index (χ4n) is 3.29. The van der Waals surface area contributed by atoms with Gasteiger partial charge >= 0.3 is 0 Å². The number of halogens is 1. The van der Waals surface area contributed by atoms with Crippen LogP contribution in [0, 0.1) is 6.92 Å². The van der Waals surface area contributed by atoms with E-state index in [1.54, 1.807) is 0 Å². The Kier molecular flexibility index (Phi) is 12.4. The van der Waals surface area contributed by atoms with Crippen molar-refractivity contribution in [1.82, 2.24) is 15.5 Å². The summed E-state index contributed by atoms with van der Waals surface area (Å²) in [5.41, 5.74) is 2.72. The normalized spacial score (nSPS) is 16.2. The Bertz CT molecular complexity index is 515. The van der Waals surface area contributed by atoms with Gasteiger partial charge in [-0.15, -0.1) is 24.0 Å². The van der Waals surface area contributed by atoms with Gasteiger partial charge < -0.3 is 10.6 Å². The van der Waals surface area contributed by atoms with Crippen LogP contribution in [0.5, 0.6) is 0 Å². The molecule has 2 rings (SSSR count). The minimum absolute atomic E-state index is 0. The molecule has 2 N–H and O–H groups in total. The second kappa shape index (κ2) is 13.7. The first-order valence-corrected chi connectivity index (χ1v) is 10.9. The maximum atomic E-state index is 4.38. The van der Waals surface area contributed by atoms with Crippen molar-refractivity contribution in [1.29, 1.82) is 0 Å². The molecule has 1 aromatic carbocycles. The number of unbranched alkanes of at least 4 members (excludes halogenated alkanes) is 1. The number of guanidine groups is 1. The van der Waals surface area contributed by atoms with Gasteiger partial charge in [0.2, 0.25) is 0 Å². The van der Waals surface area contributed by atoms with Crippen molar-refractivity contribution >= 4 is 41.7 Å². The third kappa shape index (κ3) is 8.05. The van der Waals surface area contributed by atoms with Crippen LogP contribution in [0.25, 0.3) is 0 Å². The molecule has 1 aliphatic heterocycles. The van der Waals surface area contributed by atoms with E-state index in [4.69, 9.17) is 0 Å². The lowest BCUT2D eigenvalue weighted by molar-refractivity contribution is 0.245. The summed E-state index contributed by atoms with van der Waals surface area (Å²) in [5, 5.41) is 6.99. The van der Waals surface area contributed by atoms with E-state index in [0.29, 0.717) is 6.04 Å². The topological polar surface area (TPSA) is 39.7 Å². The fourth-order valence-corrected chi connectivity index (χ4v) is 3.78.